The summed E-state index contributed by atoms with van der Waals surface area (Å²) in [6, 6.07) is 4.96. The van der Waals surface area contributed by atoms with Gasteiger partial charge in [0.1, 0.15) is 5.92 Å². The molecule has 0 N–H and O–H groups in total. The lowest BCUT2D eigenvalue weighted by atomic mass is 9.74. The summed E-state index contributed by atoms with van der Waals surface area (Å²) in [5.74, 6) is -3.22. The molecule has 48 heavy (non-hydrogen) atoms. The molecule has 0 spiro atoms. The van der Waals surface area contributed by atoms with Crippen LogP contribution in [-0.4, -0.2) is 109 Å². The monoisotopic (exact) mass is 717 g/mol. The lowest BCUT2D eigenvalue weighted by molar-refractivity contribution is -0.144. The van der Waals surface area contributed by atoms with E-state index in [0.717, 1.165) is 37.5 Å². The summed E-state index contributed by atoms with van der Waals surface area (Å²) in [5.41, 5.74) is 1.08. The second-order valence-electron chi connectivity index (χ2n) is 12.3. The zero-order chi connectivity index (χ0) is 34.4. The van der Waals surface area contributed by atoms with Gasteiger partial charge in [-0.3, -0.25) is 24.3 Å². The highest BCUT2D eigenvalue weighted by Gasteiger charge is 2.46. The number of ether oxygens (including phenoxy) is 2. The molecule has 3 aliphatic heterocycles. The maximum Gasteiger partial charge on any atom is 0.336 e. The number of likely N-dealkylation sites (tertiary alicyclic amines) is 1. The van der Waals surface area contributed by atoms with E-state index in [4.69, 9.17) is 37.7 Å². The van der Waals surface area contributed by atoms with Gasteiger partial charge in [0.2, 0.25) is 11.8 Å². The van der Waals surface area contributed by atoms with Crippen molar-refractivity contribution < 1.29 is 28.7 Å². The normalized spacial score (nSPS) is 21.8. The molecule has 3 unspecified atom stereocenters. The van der Waals surface area contributed by atoms with Crippen LogP contribution in [0.3, 0.4) is 0 Å². The molecule has 5 rings (SSSR count). The number of thiazole rings is 1. The van der Waals surface area contributed by atoms with Crippen molar-refractivity contribution in [2.45, 2.75) is 44.9 Å². The van der Waals surface area contributed by atoms with E-state index in [-0.39, 0.29) is 45.5 Å². The second-order valence-corrected chi connectivity index (χ2v) is 14.1. The van der Waals surface area contributed by atoms with E-state index < -0.39 is 23.8 Å². The second kappa shape index (κ2) is 16.4. The van der Waals surface area contributed by atoms with Crippen molar-refractivity contribution in [3.63, 3.8) is 0 Å². The van der Waals surface area contributed by atoms with Gasteiger partial charge in [-0.2, -0.15) is 0 Å². The first kappa shape index (κ1) is 36.0. The first-order valence-corrected chi connectivity index (χ1v) is 17.8. The van der Waals surface area contributed by atoms with Gasteiger partial charge in [-0.15, -0.1) is 11.3 Å². The standard InChI is InChI=1S/C34H41Cl2N5O6S/c1-21-10-14-41(32(21)43)13-5-12-39-15-17-40(18-16-39)27(42)20-25-30(34(45)47-3)31(28-22(35)6-4-7-23(28)36)29(33(44)46-2)24(38-25)8-9-26-37-11-19-48-26/h4,6-7,11,19,21,29,31H,5,8-10,12-18,20H2,1-3H3. The fourth-order valence-electron chi connectivity index (χ4n) is 6.75. The predicted molar refractivity (Wildman–Crippen MR) is 184 cm³/mol. The maximum atomic E-state index is 13.8. The Labute approximate surface area is 294 Å². The Morgan fingerprint density at radius 1 is 1.00 bits per heavy atom. The van der Waals surface area contributed by atoms with Crippen molar-refractivity contribution >= 4 is 64.0 Å². The van der Waals surface area contributed by atoms with Crippen LogP contribution in [0.4, 0.5) is 0 Å². The molecule has 0 saturated carbocycles. The molecule has 0 bridgehead atoms. The van der Waals surface area contributed by atoms with Crippen LogP contribution in [0.1, 0.15) is 49.1 Å². The van der Waals surface area contributed by atoms with E-state index in [9.17, 15) is 19.2 Å². The van der Waals surface area contributed by atoms with Crippen molar-refractivity contribution in [1.29, 1.82) is 0 Å². The van der Waals surface area contributed by atoms with Crippen LogP contribution in [0.2, 0.25) is 10.0 Å². The summed E-state index contributed by atoms with van der Waals surface area (Å²) in [6.45, 7) is 6.83. The lowest BCUT2D eigenvalue weighted by Crippen LogP contribution is -2.49. The number of amides is 2. The summed E-state index contributed by atoms with van der Waals surface area (Å²) < 4.78 is 10.5. The molecule has 4 heterocycles. The molecule has 14 heteroatoms. The molecule has 2 amide bonds. The molecular weight excluding hydrogens is 677 g/mol. The number of aromatic nitrogens is 1. The quantitative estimate of drug-likeness (QED) is 0.292. The number of hydrogen-bond donors (Lipinski definition) is 0. The van der Waals surface area contributed by atoms with Gasteiger partial charge in [0.15, 0.2) is 0 Å². The Balaban J connectivity index is 1.39. The maximum absolute atomic E-state index is 13.8. The summed E-state index contributed by atoms with van der Waals surface area (Å²) in [4.78, 5) is 68.4. The van der Waals surface area contributed by atoms with Gasteiger partial charge in [0.05, 0.1) is 36.9 Å². The Hall–Kier alpha value is -3.32. The zero-order valence-corrected chi connectivity index (χ0v) is 29.8. The van der Waals surface area contributed by atoms with Crippen LogP contribution in [0, 0.1) is 11.8 Å². The van der Waals surface area contributed by atoms with E-state index >= 15 is 0 Å². The van der Waals surface area contributed by atoms with Gasteiger partial charge in [-0.25, -0.2) is 9.78 Å². The molecule has 3 atom stereocenters. The zero-order valence-electron chi connectivity index (χ0n) is 27.5. The average Bonchev–Trinajstić information content (AvgIpc) is 3.72. The van der Waals surface area contributed by atoms with Gasteiger partial charge in [0, 0.05) is 84.9 Å². The summed E-state index contributed by atoms with van der Waals surface area (Å²) in [6.07, 6.45) is 4.16. The largest absolute Gasteiger partial charge is 0.468 e. The van der Waals surface area contributed by atoms with Crippen molar-refractivity contribution in [1.82, 2.24) is 19.7 Å². The van der Waals surface area contributed by atoms with E-state index in [1.165, 1.54) is 25.6 Å². The minimum absolute atomic E-state index is 0.0543. The number of aryl methyl sites for hydroxylation is 1. The smallest absolute Gasteiger partial charge is 0.336 e. The fourth-order valence-corrected chi connectivity index (χ4v) is 8.00. The van der Waals surface area contributed by atoms with Crippen LogP contribution >= 0.6 is 34.5 Å². The number of methoxy groups -OCH3 is 2. The van der Waals surface area contributed by atoms with E-state index in [1.54, 1.807) is 29.3 Å². The number of rotatable bonds is 12. The predicted octanol–water partition coefficient (Wildman–Crippen LogP) is 4.63. The molecule has 258 valence electrons. The lowest BCUT2D eigenvalue weighted by Gasteiger charge is -2.36. The third-order valence-corrected chi connectivity index (χ3v) is 10.9. The highest BCUT2D eigenvalue weighted by molar-refractivity contribution is 7.09. The number of piperazine rings is 1. The minimum atomic E-state index is -1.04. The Morgan fingerprint density at radius 2 is 1.73 bits per heavy atom. The van der Waals surface area contributed by atoms with Gasteiger partial charge in [0.25, 0.3) is 0 Å². The average molecular weight is 719 g/mol. The fraction of sp³-hybridized carbons (Fsp3) is 0.529. The van der Waals surface area contributed by atoms with Crippen molar-refractivity contribution in [3.05, 3.63) is 61.7 Å². The molecule has 0 radical (unpaired) electrons. The molecule has 1 aromatic heterocycles. The van der Waals surface area contributed by atoms with E-state index in [1.807, 2.05) is 17.2 Å². The molecule has 2 saturated heterocycles. The Kier molecular flexibility index (Phi) is 12.3. The number of carbonyl (C=O) groups is 4. The Morgan fingerprint density at radius 3 is 2.33 bits per heavy atom. The number of carbonyl (C=O) groups excluding carboxylic acids is 4. The first-order chi connectivity index (χ1) is 23.1. The van der Waals surface area contributed by atoms with E-state index in [2.05, 4.69) is 9.88 Å². The van der Waals surface area contributed by atoms with Crippen LogP contribution in [-0.2, 0) is 35.1 Å². The molecule has 3 aliphatic rings. The van der Waals surface area contributed by atoms with E-state index in [0.29, 0.717) is 50.3 Å². The Bertz CT molecular complexity index is 1550. The van der Waals surface area contributed by atoms with Gasteiger partial charge >= 0.3 is 11.9 Å². The molecular formula is C34H41Cl2N5O6S. The van der Waals surface area contributed by atoms with Gasteiger partial charge in [-0.05, 0) is 43.5 Å². The highest BCUT2D eigenvalue weighted by atomic mass is 35.5. The topological polar surface area (TPSA) is 122 Å². The van der Waals surface area contributed by atoms with Crippen LogP contribution in [0.25, 0.3) is 0 Å². The van der Waals surface area contributed by atoms with Crippen molar-refractivity contribution in [2.75, 3.05) is 60.0 Å². The minimum Gasteiger partial charge on any atom is -0.468 e. The number of benzene rings is 1. The summed E-state index contributed by atoms with van der Waals surface area (Å²) in [7, 11) is 2.52. The third kappa shape index (κ3) is 8.10. The molecule has 0 aliphatic carbocycles. The molecule has 2 fully saturated rings. The molecule has 11 nitrogen and oxygen atoms in total. The third-order valence-electron chi connectivity index (χ3n) is 9.35. The number of nitrogens with zero attached hydrogens (tertiary/aromatic N) is 5. The molecule has 2 aromatic rings. The van der Waals surface area contributed by atoms with Crippen molar-refractivity contribution in [3.8, 4) is 0 Å². The first-order valence-electron chi connectivity index (χ1n) is 16.2. The van der Waals surface area contributed by atoms with Gasteiger partial charge < -0.3 is 19.3 Å². The molecule has 1 aromatic carbocycles. The van der Waals surface area contributed by atoms with Crippen molar-refractivity contribution in [2.24, 2.45) is 16.8 Å². The number of halogens is 2. The summed E-state index contributed by atoms with van der Waals surface area (Å²) in [5, 5.41) is 3.24. The van der Waals surface area contributed by atoms with Crippen LogP contribution in [0.5, 0.6) is 0 Å². The van der Waals surface area contributed by atoms with Crippen LogP contribution in [0.15, 0.2) is 46.0 Å². The SMILES string of the molecule is COC(=O)C1=C(CC(=O)N2CCN(CCCN3CCC(C)C3=O)CC2)N=C(CCc2nccs2)C(C(=O)OC)C1c1c(Cl)cccc1Cl. The van der Waals surface area contributed by atoms with Gasteiger partial charge in [-0.1, -0.05) is 36.2 Å². The number of hydrogen-bond acceptors (Lipinski definition) is 10. The number of aliphatic imine (C=N–C) groups is 1. The highest BCUT2D eigenvalue weighted by Crippen LogP contribution is 2.46. The summed E-state index contributed by atoms with van der Waals surface area (Å²) >= 11 is 14.9. The number of esters is 2. The van der Waals surface area contributed by atoms with Crippen LogP contribution < -0.4 is 0 Å².